The molecule has 2 rings (SSSR count). The minimum atomic E-state index is -3.72. The summed E-state index contributed by atoms with van der Waals surface area (Å²) < 4.78 is 27.4. The lowest BCUT2D eigenvalue weighted by atomic mass is 10.2. The van der Waals surface area contributed by atoms with E-state index in [1.54, 1.807) is 26.0 Å². The number of hydrogen-bond donors (Lipinski definition) is 2. The highest BCUT2D eigenvalue weighted by atomic mass is 35.5. The zero-order valence-corrected chi connectivity index (χ0v) is 14.6. The molecule has 8 heteroatoms. The minimum Gasteiger partial charge on any atom is -0.326 e. The summed E-state index contributed by atoms with van der Waals surface area (Å²) in [6.07, 6.45) is 0. The monoisotopic (exact) mass is 364 g/mol. The highest BCUT2D eigenvalue weighted by molar-refractivity contribution is 7.93. The summed E-state index contributed by atoms with van der Waals surface area (Å²) in [5.41, 5.74) is 6.58. The molecular formula is C13H14Cl2N2O2S2. The van der Waals surface area contributed by atoms with Crippen LogP contribution in [0.15, 0.2) is 23.1 Å². The van der Waals surface area contributed by atoms with Crippen LogP contribution in [0.2, 0.25) is 10.0 Å². The number of halogens is 2. The summed E-state index contributed by atoms with van der Waals surface area (Å²) in [4.78, 5) is 1.69. The van der Waals surface area contributed by atoms with Crippen molar-refractivity contribution in [3.63, 3.8) is 0 Å². The van der Waals surface area contributed by atoms with Crippen LogP contribution in [0.3, 0.4) is 0 Å². The quantitative estimate of drug-likeness (QED) is 0.862. The van der Waals surface area contributed by atoms with Gasteiger partial charge in [-0.2, -0.15) is 0 Å². The standard InChI is InChI=1S/C13H14Cl2N2O2S2/c1-7-3-11(15)12(5-10(7)14)17-21(18,19)13-4-9(6-16)20-8(13)2/h3-5,17H,6,16H2,1-2H3. The van der Waals surface area contributed by atoms with Crippen LogP contribution in [0.4, 0.5) is 5.69 Å². The van der Waals surface area contributed by atoms with Crippen LogP contribution in [0, 0.1) is 13.8 Å². The van der Waals surface area contributed by atoms with E-state index in [1.807, 2.05) is 0 Å². The second-order valence-electron chi connectivity index (χ2n) is 4.52. The van der Waals surface area contributed by atoms with Gasteiger partial charge in [0.25, 0.3) is 10.0 Å². The topological polar surface area (TPSA) is 72.2 Å². The van der Waals surface area contributed by atoms with Crippen molar-refractivity contribution >= 4 is 50.2 Å². The van der Waals surface area contributed by atoms with Gasteiger partial charge in [-0.15, -0.1) is 11.3 Å². The Bertz CT molecular complexity index is 786. The molecule has 0 saturated carbocycles. The summed E-state index contributed by atoms with van der Waals surface area (Å²) in [5, 5.41) is 0.745. The predicted molar refractivity (Wildman–Crippen MR) is 89.0 cm³/mol. The first-order chi connectivity index (χ1) is 9.74. The largest absolute Gasteiger partial charge is 0.326 e. The molecule has 0 fully saturated rings. The van der Waals surface area contributed by atoms with Crippen LogP contribution in [0.5, 0.6) is 0 Å². The van der Waals surface area contributed by atoms with E-state index in [0.29, 0.717) is 21.5 Å². The molecular weight excluding hydrogens is 351 g/mol. The Hall–Kier alpha value is -0.790. The first kappa shape index (κ1) is 16.6. The van der Waals surface area contributed by atoms with Gasteiger partial charge in [0.15, 0.2) is 0 Å². The van der Waals surface area contributed by atoms with Crippen LogP contribution in [-0.2, 0) is 16.6 Å². The molecule has 1 heterocycles. The molecule has 0 saturated heterocycles. The maximum Gasteiger partial charge on any atom is 0.263 e. The molecule has 21 heavy (non-hydrogen) atoms. The third kappa shape index (κ3) is 3.52. The van der Waals surface area contributed by atoms with Crippen molar-refractivity contribution in [3.8, 4) is 0 Å². The highest BCUT2D eigenvalue weighted by Crippen LogP contribution is 2.32. The Kier molecular flexibility index (Phi) is 4.85. The lowest BCUT2D eigenvalue weighted by Gasteiger charge is -2.11. The third-order valence-corrected chi connectivity index (χ3v) is 6.32. The Labute approximate surface area is 137 Å². The van der Waals surface area contributed by atoms with E-state index in [9.17, 15) is 8.42 Å². The fourth-order valence-corrected chi connectivity index (χ4v) is 4.89. The number of nitrogens with two attached hydrogens (primary N) is 1. The van der Waals surface area contributed by atoms with Gasteiger partial charge in [-0.1, -0.05) is 23.2 Å². The van der Waals surface area contributed by atoms with Crippen LogP contribution in [0.1, 0.15) is 15.3 Å². The number of thiophene rings is 1. The maximum atomic E-state index is 12.5. The summed E-state index contributed by atoms with van der Waals surface area (Å²) in [6.45, 7) is 3.84. The number of aryl methyl sites for hydroxylation is 2. The Morgan fingerprint density at radius 1 is 1.19 bits per heavy atom. The lowest BCUT2D eigenvalue weighted by molar-refractivity contribution is 0.601. The molecule has 0 aliphatic rings. The van der Waals surface area contributed by atoms with Crippen molar-refractivity contribution in [1.82, 2.24) is 0 Å². The number of sulfonamides is 1. The van der Waals surface area contributed by atoms with Crippen LogP contribution in [0.25, 0.3) is 0 Å². The van der Waals surface area contributed by atoms with E-state index < -0.39 is 10.0 Å². The molecule has 0 spiro atoms. The predicted octanol–water partition coefficient (Wildman–Crippen LogP) is 3.93. The second-order valence-corrected chi connectivity index (χ2v) is 8.33. The molecule has 3 N–H and O–H groups in total. The molecule has 0 bridgehead atoms. The fraction of sp³-hybridized carbons (Fsp3) is 0.231. The molecule has 4 nitrogen and oxygen atoms in total. The summed E-state index contributed by atoms with van der Waals surface area (Å²) in [7, 11) is -3.72. The Morgan fingerprint density at radius 3 is 2.43 bits per heavy atom. The molecule has 0 amide bonds. The molecule has 0 unspecified atom stereocenters. The Balaban J connectivity index is 2.42. The van der Waals surface area contributed by atoms with Gasteiger partial charge in [0, 0.05) is 21.3 Å². The summed E-state index contributed by atoms with van der Waals surface area (Å²) >= 11 is 13.4. The number of nitrogens with one attached hydrogen (secondary N) is 1. The van der Waals surface area contributed by atoms with Crippen molar-refractivity contribution in [2.45, 2.75) is 25.3 Å². The highest BCUT2D eigenvalue weighted by Gasteiger charge is 2.21. The van der Waals surface area contributed by atoms with Crippen LogP contribution >= 0.6 is 34.5 Å². The summed E-state index contributed by atoms with van der Waals surface area (Å²) in [6, 6.07) is 4.70. The maximum absolute atomic E-state index is 12.5. The van der Waals surface area contributed by atoms with Crippen molar-refractivity contribution in [2.24, 2.45) is 5.73 Å². The molecule has 2 aromatic rings. The smallest absolute Gasteiger partial charge is 0.263 e. The third-order valence-electron chi connectivity index (χ3n) is 2.91. The number of hydrogen-bond acceptors (Lipinski definition) is 4. The van der Waals surface area contributed by atoms with Gasteiger partial charge < -0.3 is 5.73 Å². The fourth-order valence-electron chi connectivity index (χ4n) is 1.82. The SMILES string of the molecule is Cc1cc(Cl)c(NS(=O)(=O)c2cc(CN)sc2C)cc1Cl. The molecule has 114 valence electrons. The molecule has 0 atom stereocenters. The first-order valence-corrected chi connectivity index (χ1v) is 9.08. The van der Waals surface area contributed by atoms with Crippen molar-refractivity contribution < 1.29 is 8.42 Å². The van der Waals surface area contributed by atoms with Crippen molar-refractivity contribution in [1.29, 1.82) is 0 Å². The van der Waals surface area contributed by atoms with E-state index in [2.05, 4.69) is 4.72 Å². The van der Waals surface area contributed by atoms with Crippen LogP contribution in [-0.4, -0.2) is 8.42 Å². The molecule has 0 aliphatic heterocycles. The molecule has 1 aromatic heterocycles. The van der Waals surface area contributed by atoms with Gasteiger partial charge in [-0.25, -0.2) is 8.42 Å². The van der Waals surface area contributed by atoms with Crippen molar-refractivity contribution in [3.05, 3.63) is 43.6 Å². The van der Waals surface area contributed by atoms with Crippen LogP contribution < -0.4 is 10.5 Å². The van der Waals surface area contributed by atoms with E-state index >= 15 is 0 Å². The van der Waals surface area contributed by atoms with Gasteiger partial charge in [0.05, 0.1) is 10.7 Å². The normalized spacial score (nSPS) is 11.7. The van der Waals surface area contributed by atoms with Gasteiger partial charge in [0.1, 0.15) is 4.90 Å². The van der Waals surface area contributed by atoms with E-state index in [0.717, 1.165) is 10.4 Å². The lowest BCUT2D eigenvalue weighted by Crippen LogP contribution is -2.13. The molecule has 0 radical (unpaired) electrons. The molecule has 0 aliphatic carbocycles. The van der Waals surface area contributed by atoms with E-state index in [4.69, 9.17) is 28.9 Å². The minimum absolute atomic E-state index is 0.209. The summed E-state index contributed by atoms with van der Waals surface area (Å²) in [5.74, 6) is 0. The zero-order valence-electron chi connectivity index (χ0n) is 11.4. The van der Waals surface area contributed by atoms with Gasteiger partial charge in [-0.05, 0) is 37.6 Å². The number of benzene rings is 1. The number of rotatable bonds is 4. The average molecular weight is 365 g/mol. The van der Waals surface area contributed by atoms with Gasteiger partial charge in [-0.3, -0.25) is 4.72 Å². The first-order valence-electron chi connectivity index (χ1n) is 6.02. The van der Waals surface area contributed by atoms with Crippen molar-refractivity contribution in [2.75, 3.05) is 4.72 Å². The number of anilines is 1. The van der Waals surface area contributed by atoms with E-state index in [-0.39, 0.29) is 10.6 Å². The molecule has 1 aromatic carbocycles. The average Bonchev–Trinajstić information content (AvgIpc) is 2.78. The van der Waals surface area contributed by atoms with E-state index in [1.165, 1.54) is 17.4 Å². The van der Waals surface area contributed by atoms with Gasteiger partial charge in [0.2, 0.25) is 0 Å². The Morgan fingerprint density at radius 2 is 1.86 bits per heavy atom. The second kappa shape index (κ2) is 6.14. The van der Waals surface area contributed by atoms with Gasteiger partial charge >= 0.3 is 0 Å². The zero-order chi connectivity index (χ0) is 15.8.